The summed E-state index contributed by atoms with van der Waals surface area (Å²) in [7, 11) is 0. The summed E-state index contributed by atoms with van der Waals surface area (Å²) in [4.78, 5) is 16.4. The molecule has 0 aromatic carbocycles. The summed E-state index contributed by atoms with van der Waals surface area (Å²) >= 11 is 0. The van der Waals surface area contributed by atoms with Gasteiger partial charge in [0.1, 0.15) is 0 Å². The van der Waals surface area contributed by atoms with E-state index in [2.05, 4.69) is 10.3 Å². The zero-order valence-corrected chi connectivity index (χ0v) is 10.9. The van der Waals surface area contributed by atoms with Crippen LogP contribution in [0.3, 0.4) is 0 Å². The molecule has 0 unspecified atom stereocenters. The zero-order chi connectivity index (χ0) is 13.1. The van der Waals surface area contributed by atoms with E-state index in [0.717, 1.165) is 37.1 Å². The van der Waals surface area contributed by atoms with Crippen molar-refractivity contribution in [2.24, 2.45) is 0 Å². The number of nitrogens with zero attached hydrogens (tertiary/aromatic N) is 1. The van der Waals surface area contributed by atoms with Crippen LogP contribution in [0.25, 0.3) is 0 Å². The van der Waals surface area contributed by atoms with E-state index in [1.807, 2.05) is 26.0 Å². The number of aromatic nitrogens is 1. The van der Waals surface area contributed by atoms with Gasteiger partial charge in [0.05, 0.1) is 17.4 Å². The predicted molar refractivity (Wildman–Crippen MR) is 69.4 cm³/mol. The molecule has 2 N–H and O–H groups in total. The summed E-state index contributed by atoms with van der Waals surface area (Å²) in [6, 6.07) is 3.86. The first-order valence-electron chi connectivity index (χ1n) is 6.49. The number of pyridine rings is 1. The summed E-state index contributed by atoms with van der Waals surface area (Å²) < 4.78 is 0. The van der Waals surface area contributed by atoms with Crippen LogP contribution in [0.1, 0.15) is 47.4 Å². The van der Waals surface area contributed by atoms with E-state index in [4.69, 9.17) is 0 Å². The van der Waals surface area contributed by atoms with E-state index in [1.165, 1.54) is 0 Å². The van der Waals surface area contributed by atoms with Gasteiger partial charge in [-0.25, -0.2) is 0 Å². The Morgan fingerprint density at radius 3 is 2.56 bits per heavy atom. The standard InChI is InChI=1S/C14H20N2O2/c1-9-3-8-13(10(2)15-9)14(18)16-11-4-6-12(17)7-5-11/h3,8,11-12,17H,4-7H2,1-2H3,(H,16,18). The first kappa shape index (κ1) is 13.0. The van der Waals surface area contributed by atoms with Gasteiger partial charge in [0.2, 0.25) is 0 Å². The lowest BCUT2D eigenvalue weighted by molar-refractivity contribution is 0.0866. The topological polar surface area (TPSA) is 62.2 Å². The van der Waals surface area contributed by atoms with E-state index in [9.17, 15) is 9.90 Å². The monoisotopic (exact) mass is 248 g/mol. The average molecular weight is 248 g/mol. The van der Waals surface area contributed by atoms with Gasteiger partial charge in [-0.2, -0.15) is 0 Å². The third kappa shape index (κ3) is 3.07. The third-order valence-electron chi connectivity index (χ3n) is 3.50. The van der Waals surface area contributed by atoms with Crippen molar-refractivity contribution < 1.29 is 9.90 Å². The Morgan fingerprint density at radius 1 is 1.28 bits per heavy atom. The number of hydrogen-bond donors (Lipinski definition) is 2. The molecule has 0 bridgehead atoms. The number of nitrogens with one attached hydrogen (secondary N) is 1. The van der Waals surface area contributed by atoms with Crippen LogP contribution < -0.4 is 5.32 Å². The molecule has 2 rings (SSSR count). The van der Waals surface area contributed by atoms with E-state index in [-0.39, 0.29) is 18.1 Å². The fourth-order valence-electron chi connectivity index (χ4n) is 2.41. The quantitative estimate of drug-likeness (QED) is 0.838. The van der Waals surface area contributed by atoms with Gasteiger partial charge >= 0.3 is 0 Å². The third-order valence-corrected chi connectivity index (χ3v) is 3.50. The zero-order valence-electron chi connectivity index (χ0n) is 10.9. The molecule has 0 aliphatic heterocycles. The first-order chi connectivity index (χ1) is 8.56. The highest BCUT2D eigenvalue weighted by molar-refractivity contribution is 5.95. The Hall–Kier alpha value is -1.42. The largest absolute Gasteiger partial charge is 0.393 e. The highest BCUT2D eigenvalue weighted by atomic mass is 16.3. The maximum absolute atomic E-state index is 12.1. The van der Waals surface area contributed by atoms with Gasteiger partial charge in [-0.05, 0) is 51.7 Å². The highest BCUT2D eigenvalue weighted by Crippen LogP contribution is 2.19. The number of rotatable bonds is 2. The molecule has 1 amide bonds. The van der Waals surface area contributed by atoms with Gasteiger partial charge in [0.15, 0.2) is 0 Å². The van der Waals surface area contributed by atoms with Crippen molar-refractivity contribution in [1.29, 1.82) is 0 Å². The van der Waals surface area contributed by atoms with Crippen molar-refractivity contribution in [3.05, 3.63) is 29.1 Å². The lowest BCUT2D eigenvalue weighted by Gasteiger charge is -2.26. The molecular weight excluding hydrogens is 228 g/mol. The van der Waals surface area contributed by atoms with Crippen LogP contribution in [0.5, 0.6) is 0 Å². The number of carbonyl (C=O) groups excluding carboxylic acids is 1. The molecular formula is C14H20N2O2. The molecule has 98 valence electrons. The van der Waals surface area contributed by atoms with Crippen molar-refractivity contribution >= 4 is 5.91 Å². The minimum atomic E-state index is -0.194. The molecule has 0 atom stereocenters. The first-order valence-corrected chi connectivity index (χ1v) is 6.49. The number of amides is 1. The van der Waals surface area contributed by atoms with Crippen molar-refractivity contribution in [3.63, 3.8) is 0 Å². The minimum Gasteiger partial charge on any atom is -0.393 e. The molecule has 4 nitrogen and oxygen atoms in total. The summed E-state index contributed by atoms with van der Waals surface area (Å²) in [6.07, 6.45) is 3.06. The van der Waals surface area contributed by atoms with Crippen molar-refractivity contribution in [2.45, 2.75) is 51.7 Å². The maximum Gasteiger partial charge on any atom is 0.253 e. The Morgan fingerprint density at radius 2 is 1.94 bits per heavy atom. The van der Waals surface area contributed by atoms with Gasteiger partial charge in [-0.1, -0.05) is 0 Å². The molecule has 1 aliphatic rings. The van der Waals surface area contributed by atoms with Crippen LogP contribution in [0.15, 0.2) is 12.1 Å². The number of aliphatic hydroxyl groups excluding tert-OH is 1. The molecule has 1 fully saturated rings. The minimum absolute atomic E-state index is 0.0543. The van der Waals surface area contributed by atoms with Gasteiger partial charge in [-0.3, -0.25) is 9.78 Å². The fourth-order valence-corrected chi connectivity index (χ4v) is 2.41. The molecule has 18 heavy (non-hydrogen) atoms. The van der Waals surface area contributed by atoms with Gasteiger partial charge in [-0.15, -0.1) is 0 Å². The smallest absolute Gasteiger partial charge is 0.253 e. The highest BCUT2D eigenvalue weighted by Gasteiger charge is 2.21. The van der Waals surface area contributed by atoms with E-state index in [1.54, 1.807) is 0 Å². The van der Waals surface area contributed by atoms with Crippen LogP contribution in [0.2, 0.25) is 0 Å². The fraction of sp³-hybridized carbons (Fsp3) is 0.571. The van der Waals surface area contributed by atoms with Crippen LogP contribution in [0.4, 0.5) is 0 Å². The summed E-state index contributed by atoms with van der Waals surface area (Å²) in [6.45, 7) is 3.77. The molecule has 1 saturated carbocycles. The van der Waals surface area contributed by atoms with Crippen LogP contribution in [-0.4, -0.2) is 28.1 Å². The van der Waals surface area contributed by atoms with Crippen molar-refractivity contribution in [2.75, 3.05) is 0 Å². The average Bonchev–Trinajstić information content (AvgIpc) is 2.32. The molecule has 4 heteroatoms. The van der Waals surface area contributed by atoms with Gasteiger partial charge in [0, 0.05) is 11.7 Å². The molecule has 1 aliphatic carbocycles. The van der Waals surface area contributed by atoms with Crippen molar-refractivity contribution in [3.8, 4) is 0 Å². The van der Waals surface area contributed by atoms with E-state index < -0.39 is 0 Å². The van der Waals surface area contributed by atoms with Crippen LogP contribution >= 0.6 is 0 Å². The second-order valence-corrected chi connectivity index (χ2v) is 5.06. The number of carbonyl (C=O) groups is 1. The SMILES string of the molecule is Cc1ccc(C(=O)NC2CCC(O)CC2)c(C)n1. The number of hydrogen-bond acceptors (Lipinski definition) is 3. The van der Waals surface area contributed by atoms with Crippen LogP contribution in [0, 0.1) is 13.8 Å². The molecule has 1 aromatic heterocycles. The Kier molecular flexibility index (Phi) is 3.97. The summed E-state index contributed by atoms with van der Waals surface area (Å²) in [5.74, 6) is -0.0543. The molecule has 1 aromatic rings. The van der Waals surface area contributed by atoms with E-state index >= 15 is 0 Å². The maximum atomic E-state index is 12.1. The van der Waals surface area contributed by atoms with E-state index in [0.29, 0.717) is 5.56 Å². The summed E-state index contributed by atoms with van der Waals surface area (Å²) in [5.41, 5.74) is 2.33. The Bertz CT molecular complexity index is 437. The van der Waals surface area contributed by atoms with Crippen molar-refractivity contribution in [1.82, 2.24) is 10.3 Å². The Labute approximate surface area is 107 Å². The molecule has 1 heterocycles. The lowest BCUT2D eigenvalue weighted by Crippen LogP contribution is -2.38. The lowest BCUT2D eigenvalue weighted by atomic mass is 9.93. The second kappa shape index (κ2) is 5.48. The predicted octanol–water partition coefficient (Wildman–Crippen LogP) is 1.73. The second-order valence-electron chi connectivity index (χ2n) is 5.06. The molecule has 0 radical (unpaired) electrons. The summed E-state index contributed by atoms with van der Waals surface area (Å²) in [5, 5.41) is 12.5. The van der Waals surface area contributed by atoms with Crippen LogP contribution in [-0.2, 0) is 0 Å². The molecule has 0 spiro atoms. The number of aliphatic hydroxyl groups is 1. The van der Waals surface area contributed by atoms with Gasteiger partial charge < -0.3 is 10.4 Å². The molecule has 0 saturated heterocycles. The number of aryl methyl sites for hydroxylation is 2. The Balaban J connectivity index is 1.99. The van der Waals surface area contributed by atoms with Gasteiger partial charge in [0.25, 0.3) is 5.91 Å². The normalized spacial score (nSPS) is 23.7.